The molecule has 0 spiro atoms. The first-order valence-electron chi connectivity index (χ1n) is 5.75. The Morgan fingerprint density at radius 2 is 1.88 bits per heavy atom. The molecule has 0 heterocycles. The van der Waals surface area contributed by atoms with Crippen molar-refractivity contribution >= 4 is 0 Å². The summed E-state index contributed by atoms with van der Waals surface area (Å²) in [5, 5.41) is 3.13. The molecule has 0 aliphatic heterocycles. The Labute approximate surface area is 98.0 Å². The Hall–Kier alpha value is -1.46. The van der Waals surface area contributed by atoms with Crippen molar-refractivity contribution in [3.8, 4) is 17.6 Å². The largest absolute Gasteiger partial charge is 0.481 e. The van der Waals surface area contributed by atoms with Crippen molar-refractivity contribution in [1.82, 2.24) is 5.32 Å². The Kier molecular flexibility index (Phi) is 6.13. The fourth-order valence-electron chi connectivity index (χ4n) is 1.24. The average molecular weight is 217 g/mol. The summed E-state index contributed by atoms with van der Waals surface area (Å²) in [5.41, 5.74) is 1.32. The predicted molar refractivity (Wildman–Crippen MR) is 67.6 cm³/mol. The van der Waals surface area contributed by atoms with E-state index < -0.39 is 0 Å². The van der Waals surface area contributed by atoms with Crippen molar-refractivity contribution in [3.63, 3.8) is 0 Å². The van der Waals surface area contributed by atoms with Gasteiger partial charge in [-0.1, -0.05) is 37.8 Å². The van der Waals surface area contributed by atoms with E-state index in [-0.39, 0.29) is 0 Å². The zero-order chi connectivity index (χ0) is 11.6. The predicted octanol–water partition coefficient (Wildman–Crippen LogP) is 2.24. The maximum absolute atomic E-state index is 5.48. The highest BCUT2D eigenvalue weighted by Crippen LogP contribution is 2.11. The maximum Gasteiger partial charge on any atom is 0.149 e. The minimum Gasteiger partial charge on any atom is -0.481 e. The molecule has 1 aromatic rings. The van der Waals surface area contributed by atoms with Gasteiger partial charge in [-0.25, -0.2) is 0 Å². The van der Waals surface area contributed by atoms with Crippen LogP contribution in [0.3, 0.4) is 0 Å². The first-order chi connectivity index (χ1) is 7.86. The first-order valence-corrected chi connectivity index (χ1v) is 5.75. The van der Waals surface area contributed by atoms with E-state index in [2.05, 4.69) is 43.1 Å². The molecule has 2 heteroatoms. The average Bonchev–Trinajstić information content (AvgIpc) is 2.34. The second-order valence-corrected chi connectivity index (χ2v) is 3.42. The van der Waals surface area contributed by atoms with Crippen LogP contribution in [0.25, 0.3) is 0 Å². The molecule has 0 saturated heterocycles. The van der Waals surface area contributed by atoms with Crippen LogP contribution in [0.2, 0.25) is 0 Å². The summed E-state index contributed by atoms with van der Waals surface area (Å²) in [7, 11) is 0. The SMILES string of the molecule is CCNCC#CCOc1ccc(CC)cc1. The summed E-state index contributed by atoms with van der Waals surface area (Å²) < 4.78 is 5.48. The lowest BCUT2D eigenvalue weighted by molar-refractivity contribution is 0.370. The van der Waals surface area contributed by atoms with Crippen LogP contribution in [-0.4, -0.2) is 19.7 Å². The molecular weight excluding hydrogens is 198 g/mol. The maximum atomic E-state index is 5.48. The van der Waals surface area contributed by atoms with Crippen molar-refractivity contribution in [2.75, 3.05) is 19.7 Å². The highest BCUT2D eigenvalue weighted by molar-refractivity contribution is 5.27. The van der Waals surface area contributed by atoms with E-state index in [1.54, 1.807) is 0 Å². The van der Waals surface area contributed by atoms with Crippen molar-refractivity contribution in [3.05, 3.63) is 29.8 Å². The number of ether oxygens (including phenoxy) is 1. The number of aryl methyl sites for hydroxylation is 1. The third-order valence-electron chi connectivity index (χ3n) is 2.23. The third kappa shape index (κ3) is 4.86. The van der Waals surface area contributed by atoms with Gasteiger partial charge < -0.3 is 10.1 Å². The minimum atomic E-state index is 0.455. The second kappa shape index (κ2) is 7.78. The van der Waals surface area contributed by atoms with Crippen LogP contribution in [0.5, 0.6) is 5.75 Å². The van der Waals surface area contributed by atoms with Gasteiger partial charge in [0.2, 0.25) is 0 Å². The van der Waals surface area contributed by atoms with Crippen molar-refractivity contribution in [2.24, 2.45) is 0 Å². The van der Waals surface area contributed by atoms with Crippen LogP contribution in [-0.2, 0) is 6.42 Å². The molecule has 86 valence electrons. The highest BCUT2D eigenvalue weighted by atomic mass is 16.5. The zero-order valence-electron chi connectivity index (χ0n) is 10.0. The van der Waals surface area contributed by atoms with Crippen LogP contribution in [0.1, 0.15) is 19.4 Å². The molecule has 16 heavy (non-hydrogen) atoms. The molecule has 1 rings (SSSR count). The van der Waals surface area contributed by atoms with Gasteiger partial charge in [0.25, 0.3) is 0 Å². The Bertz CT molecular complexity index is 345. The molecule has 0 aromatic heterocycles. The summed E-state index contributed by atoms with van der Waals surface area (Å²) in [6, 6.07) is 8.15. The standard InChI is InChI=1S/C14H19NO/c1-3-13-7-9-14(10-8-13)16-12-6-5-11-15-4-2/h7-10,15H,3-4,11-12H2,1-2H3. The molecule has 0 aliphatic carbocycles. The van der Waals surface area contributed by atoms with Crippen LogP contribution in [0, 0.1) is 11.8 Å². The quantitative estimate of drug-likeness (QED) is 0.603. The molecule has 0 aliphatic rings. The van der Waals surface area contributed by atoms with Crippen molar-refractivity contribution < 1.29 is 4.74 Å². The normalized spacial score (nSPS) is 9.38. The van der Waals surface area contributed by atoms with Crippen LogP contribution >= 0.6 is 0 Å². The molecule has 1 N–H and O–H groups in total. The summed E-state index contributed by atoms with van der Waals surface area (Å²) in [6.45, 7) is 6.34. The van der Waals surface area contributed by atoms with Crippen LogP contribution in [0.4, 0.5) is 0 Å². The van der Waals surface area contributed by atoms with E-state index in [4.69, 9.17) is 4.74 Å². The molecule has 0 fully saturated rings. The third-order valence-corrected chi connectivity index (χ3v) is 2.23. The van der Waals surface area contributed by atoms with E-state index in [1.165, 1.54) is 5.56 Å². The lowest BCUT2D eigenvalue weighted by Gasteiger charge is -2.02. The number of rotatable bonds is 5. The van der Waals surface area contributed by atoms with E-state index in [9.17, 15) is 0 Å². The molecule has 0 radical (unpaired) electrons. The Balaban J connectivity index is 2.28. The summed E-state index contributed by atoms with van der Waals surface area (Å²) in [6.07, 6.45) is 1.06. The molecule has 0 atom stereocenters. The van der Waals surface area contributed by atoms with Crippen molar-refractivity contribution in [2.45, 2.75) is 20.3 Å². The van der Waals surface area contributed by atoms with E-state index >= 15 is 0 Å². The Morgan fingerprint density at radius 1 is 1.12 bits per heavy atom. The smallest absolute Gasteiger partial charge is 0.149 e. The fraction of sp³-hybridized carbons (Fsp3) is 0.429. The molecule has 0 amide bonds. The van der Waals surface area contributed by atoms with Crippen molar-refractivity contribution in [1.29, 1.82) is 0 Å². The van der Waals surface area contributed by atoms with Gasteiger partial charge in [-0.2, -0.15) is 0 Å². The van der Waals surface area contributed by atoms with E-state index in [0.717, 1.165) is 25.3 Å². The zero-order valence-corrected chi connectivity index (χ0v) is 10.0. The number of benzene rings is 1. The minimum absolute atomic E-state index is 0.455. The summed E-state index contributed by atoms with van der Waals surface area (Å²) >= 11 is 0. The highest BCUT2D eigenvalue weighted by Gasteiger charge is 1.91. The molecule has 2 nitrogen and oxygen atoms in total. The lowest BCUT2D eigenvalue weighted by Crippen LogP contribution is -2.12. The number of hydrogen-bond donors (Lipinski definition) is 1. The molecule has 0 bridgehead atoms. The van der Waals surface area contributed by atoms with E-state index in [0.29, 0.717) is 6.61 Å². The van der Waals surface area contributed by atoms with Gasteiger partial charge in [-0.05, 0) is 30.7 Å². The molecule has 0 saturated carbocycles. The number of nitrogens with one attached hydrogen (secondary N) is 1. The molecular formula is C14H19NO. The lowest BCUT2D eigenvalue weighted by atomic mass is 10.2. The van der Waals surface area contributed by atoms with Gasteiger partial charge in [-0.15, -0.1) is 0 Å². The van der Waals surface area contributed by atoms with E-state index in [1.807, 2.05) is 12.1 Å². The Morgan fingerprint density at radius 3 is 2.50 bits per heavy atom. The van der Waals surface area contributed by atoms with Crippen LogP contribution < -0.4 is 10.1 Å². The van der Waals surface area contributed by atoms with Gasteiger partial charge in [0, 0.05) is 0 Å². The van der Waals surface area contributed by atoms with Gasteiger partial charge in [-0.3, -0.25) is 0 Å². The van der Waals surface area contributed by atoms with Gasteiger partial charge in [0.05, 0.1) is 6.54 Å². The molecule has 0 unspecified atom stereocenters. The fourth-order valence-corrected chi connectivity index (χ4v) is 1.24. The molecule has 1 aromatic carbocycles. The first kappa shape index (κ1) is 12.6. The number of hydrogen-bond acceptors (Lipinski definition) is 2. The van der Waals surface area contributed by atoms with Gasteiger partial charge in [0.1, 0.15) is 12.4 Å². The topological polar surface area (TPSA) is 21.3 Å². The second-order valence-electron chi connectivity index (χ2n) is 3.42. The summed E-state index contributed by atoms with van der Waals surface area (Å²) in [5.74, 6) is 6.84. The monoisotopic (exact) mass is 217 g/mol. The van der Waals surface area contributed by atoms with Gasteiger partial charge in [0.15, 0.2) is 0 Å². The van der Waals surface area contributed by atoms with Crippen LogP contribution in [0.15, 0.2) is 24.3 Å². The summed E-state index contributed by atoms with van der Waals surface area (Å²) in [4.78, 5) is 0. The van der Waals surface area contributed by atoms with Gasteiger partial charge >= 0.3 is 0 Å².